The predicted molar refractivity (Wildman–Crippen MR) is 56.5 cm³/mol. The lowest BCUT2D eigenvalue weighted by Crippen LogP contribution is -2.39. The van der Waals surface area contributed by atoms with Crippen LogP contribution in [0.3, 0.4) is 0 Å². The molecule has 0 aromatic heterocycles. The highest BCUT2D eigenvalue weighted by Crippen LogP contribution is 2.52. The second-order valence-corrected chi connectivity index (χ2v) is 7.05. The monoisotopic (exact) mass is 229 g/mol. The predicted octanol–water partition coefficient (Wildman–Crippen LogP) is 1.12. The highest BCUT2D eigenvalue weighted by Gasteiger charge is 2.56. The van der Waals surface area contributed by atoms with E-state index in [1.54, 1.807) is 0 Å². The summed E-state index contributed by atoms with van der Waals surface area (Å²) in [6.45, 7) is 0.919. The van der Waals surface area contributed by atoms with Gasteiger partial charge >= 0.3 is 5.23 Å². The van der Waals surface area contributed by atoms with Gasteiger partial charge in [-0.2, -0.15) is 0 Å². The van der Waals surface area contributed by atoms with Crippen molar-refractivity contribution >= 4 is 15.1 Å². The molecule has 0 amide bonds. The van der Waals surface area contributed by atoms with Crippen molar-refractivity contribution in [3.63, 3.8) is 0 Å². The second-order valence-electron chi connectivity index (χ2n) is 4.83. The van der Waals surface area contributed by atoms with Gasteiger partial charge in [-0.05, 0) is 38.0 Å². The maximum atomic E-state index is 12.4. The van der Waals surface area contributed by atoms with Crippen LogP contribution in [0.1, 0.15) is 32.1 Å². The van der Waals surface area contributed by atoms with E-state index >= 15 is 0 Å². The van der Waals surface area contributed by atoms with E-state index in [9.17, 15) is 8.42 Å². The van der Waals surface area contributed by atoms with Crippen LogP contribution in [0.5, 0.6) is 0 Å². The lowest BCUT2D eigenvalue weighted by atomic mass is 10.0. The van der Waals surface area contributed by atoms with Crippen LogP contribution >= 0.6 is 0 Å². The summed E-state index contributed by atoms with van der Waals surface area (Å²) in [5, 5.41) is 0.0186. The molecular weight excluding hydrogens is 214 g/mol. The Labute approximate surface area is 89.6 Å². The molecule has 2 aliphatic carbocycles. The van der Waals surface area contributed by atoms with Gasteiger partial charge in [-0.1, -0.05) is 0 Å². The highest BCUT2D eigenvalue weighted by molar-refractivity contribution is 8.07. The molecule has 4 nitrogen and oxygen atoms in total. The minimum Gasteiger partial charge on any atom is -0.468 e. The number of aliphatic imine (C=N–C) groups is 1. The van der Waals surface area contributed by atoms with Gasteiger partial charge < -0.3 is 4.74 Å². The van der Waals surface area contributed by atoms with Gasteiger partial charge in [-0.25, -0.2) is 13.4 Å². The second kappa shape index (κ2) is 2.97. The zero-order valence-corrected chi connectivity index (χ0v) is 9.42. The Balaban J connectivity index is 1.99. The molecular formula is C10H15NO3S. The molecule has 0 saturated heterocycles. The summed E-state index contributed by atoms with van der Waals surface area (Å²) in [6, 6.07) is 0. The Morgan fingerprint density at radius 2 is 2.07 bits per heavy atom. The molecule has 5 heteroatoms. The average Bonchev–Trinajstić information content (AvgIpc) is 2.95. The topological polar surface area (TPSA) is 55.7 Å². The number of hydrogen-bond donors (Lipinski definition) is 0. The Morgan fingerprint density at radius 1 is 1.33 bits per heavy atom. The third kappa shape index (κ3) is 1.19. The van der Waals surface area contributed by atoms with E-state index < -0.39 is 14.6 Å². The molecule has 0 N–H and O–H groups in total. The molecule has 0 spiro atoms. The van der Waals surface area contributed by atoms with Crippen LogP contribution in [-0.4, -0.2) is 31.5 Å². The van der Waals surface area contributed by atoms with Crippen LogP contribution in [0.25, 0.3) is 0 Å². The molecule has 2 fully saturated rings. The molecule has 0 atom stereocenters. The molecule has 0 aromatic rings. The van der Waals surface area contributed by atoms with E-state index in [2.05, 4.69) is 4.99 Å². The van der Waals surface area contributed by atoms with Crippen molar-refractivity contribution in [2.24, 2.45) is 10.9 Å². The van der Waals surface area contributed by atoms with Crippen LogP contribution in [-0.2, 0) is 14.6 Å². The number of rotatable bonds is 1. The van der Waals surface area contributed by atoms with Crippen LogP contribution in [0.15, 0.2) is 4.99 Å². The maximum Gasteiger partial charge on any atom is 0.305 e. The summed E-state index contributed by atoms with van der Waals surface area (Å²) >= 11 is 0. The molecule has 0 radical (unpaired) electrons. The Morgan fingerprint density at radius 3 is 2.53 bits per heavy atom. The van der Waals surface area contributed by atoms with Gasteiger partial charge in [-0.3, -0.25) is 0 Å². The lowest BCUT2D eigenvalue weighted by molar-refractivity contribution is 0.351. The van der Waals surface area contributed by atoms with E-state index in [4.69, 9.17) is 4.74 Å². The van der Waals surface area contributed by atoms with E-state index in [-0.39, 0.29) is 5.23 Å². The van der Waals surface area contributed by atoms with Gasteiger partial charge in [0.1, 0.15) is 6.61 Å². The van der Waals surface area contributed by atoms with Gasteiger partial charge in [0.05, 0.1) is 11.3 Å². The zero-order valence-electron chi connectivity index (χ0n) is 8.61. The minimum absolute atomic E-state index is 0.0186. The molecule has 3 rings (SSSR count). The number of ether oxygens (including phenoxy) is 1. The number of sulfone groups is 1. The number of fused-ring (bicyclic) bond motifs is 2. The summed E-state index contributed by atoms with van der Waals surface area (Å²) in [6.07, 6.45) is 4.57. The van der Waals surface area contributed by atoms with Crippen molar-refractivity contribution in [3.8, 4) is 0 Å². The number of nitrogens with zero attached hydrogens (tertiary/aromatic N) is 1. The quantitative estimate of drug-likeness (QED) is 0.677. The van der Waals surface area contributed by atoms with E-state index in [1.165, 1.54) is 0 Å². The van der Waals surface area contributed by atoms with Gasteiger partial charge in [0, 0.05) is 0 Å². The fourth-order valence-corrected chi connectivity index (χ4v) is 5.28. The summed E-state index contributed by atoms with van der Waals surface area (Å²) in [5.74, 6) is 0.627. The average molecular weight is 229 g/mol. The van der Waals surface area contributed by atoms with Gasteiger partial charge in [0.2, 0.25) is 9.84 Å². The molecule has 1 aliphatic heterocycles. The first-order chi connectivity index (χ1) is 7.14. The molecule has 1 heterocycles. The lowest BCUT2D eigenvalue weighted by Gasteiger charge is -2.25. The molecule has 0 aromatic carbocycles. The van der Waals surface area contributed by atoms with Crippen molar-refractivity contribution in [2.75, 3.05) is 13.2 Å². The maximum absolute atomic E-state index is 12.4. The van der Waals surface area contributed by atoms with Crippen molar-refractivity contribution in [1.82, 2.24) is 0 Å². The molecule has 2 saturated carbocycles. The van der Waals surface area contributed by atoms with Crippen molar-refractivity contribution in [1.29, 1.82) is 0 Å². The van der Waals surface area contributed by atoms with E-state index in [1.807, 2.05) is 0 Å². The highest BCUT2D eigenvalue weighted by atomic mass is 32.2. The van der Waals surface area contributed by atoms with Crippen LogP contribution in [0.4, 0.5) is 0 Å². The Kier molecular flexibility index (Phi) is 1.90. The summed E-state index contributed by atoms with van der Waals surface area (Å²) in [5.41, 5.74) is 0. The fraction of sp³-hybridized carbons (Fsp3) is 0.900. The first-order valence-corrected chi connectivity index (χ1v) is 7.04. The Hall–Kier alpha value is -0.580. The molecule has 84 valence electrons. The zero-order chi connectivity index (χ0) is 10.5. The molecule has 15 heavy (non-hydrogen) atoms. The summed E-state index contributed by atoms with van der Waals surface area (Å²) in [4.78, 5) is 3.97. The van der Waals surface area contributed by atoms with Crippen LogP contribution in [0.2, 0.25) is 0 Å². The van der Waals surface area contributed by atoms with E-state index in [0.717, 1.165) is 32.1 Å². The molecule has 3 aliphatic rings. The standard InChI is InChI=1S/C10H15NO3S/c12-15(13,9-11-5-6-14-9)10-3-1-8(7-10)2-4-10/h8H,1-7H2. The van der Waals surface area contributed by atoms with Gasteiger partial charge in [-0.15, -0.1) is 0 Å². The minimum atomic E-state index is -3.28. The van der Waals surface area contributed by atoms with Crippen molar-refractivity contribution in [3.05, 3.63) is 0 Å². The third-order valence-electron chi connectivity index (χ3n) is 4.03. The van der Waals surface area contributed by atoms with Gasteiger partial charge in [0.25, 0.3) is 0 Å². The largest absolute Gasteiger partial charge is 0.468 e. The smallest absolute Gasteiger partial charge is 0.305 e. The number of hydrogen-bond acceptors (Lipinski definition) is 4. The summed E-state index contributed by atoms with van der Waals surface area (Å²) < 4.78 is 29.3. The van der Waals surface area contributed by atoms with Gasteiger partial charge in [0.15, 0.2) is 0 Å². The third-order valence-corrected chi connectivity index (χ3v) is 6.46. The van der Waals surface area contributed by atoms with Crippen LogP contribution < -0.4 is 0 Å². The normalized spacial score (nSPS) is 39.2. The van der Waals surface area contributed by atoms with Crippen molar-refractivity contribution < 1.29 is 13.2 Å². The Bertz CT molecular complexity index is 404. The first kappa shape index (κ1) is 9.63. The fourth-order valence-electron chi connectivity index (χ4n) is 3.18. The SMILES string of the molecule is O=S(=O)(C1=NCCO1)C12CCC(CC1)C2. The van der Waals surface area contributed by atoms with Crippen molar-refractivity contribution in [2.45, 2.75) is 36.9 Å². The van der Waals surface area contributed by atoms with Crippen LogP contribution in [0, 0.1) is 5.92 Å². The van der Waals surface area contributed by atoms with E-state index in [0.29, 0.717) is 19.1 Å². The summed E-state index contributed by atoms with van der Waals surface area (Å²) in [7, 11) is -3.28. The first-order valence-electron chi connectivity index (χ1n) is 5.56. The molecule has 2 bridgehead atoms. The molecule has 0 unspecified atom stereocenters.